The van der Waals surface area contributed by atoms with Crippen LogP contribution in [0.4, 0.5) is 11.6 Å². The molecule has 0 aromatic carbocycles. The van der Waals surface area contributed by atoms with Crippen molar-refractivity contribution >= 4 is 35.3 Å². The van der Waals surface area contributed by atoms with Gasteiger partial charge in [-0.15, -0.1) is 0 Å². The van der Waals surface area contributed by atoms with Crippen LogP contribution in [0.2, 0.25) is 0 Å². The minimum Gasteiger partial charge on any atom is -0.857 e. The first-order chi connectivity index (χ1) is 15.4. The number of nitrogens with zero attached hydrogens (tertiary/aromatic N) is 3. The maximum absolute atomic E-state index is 11.3. The SMILES string of the molecule is CCc1cn[nH]c1NC(=O)CC(=O)OC.CCc1cnn2c1NC(=O)CC2=O.CO.C[O-].[Na+]. The standard InChI is InChI=1S/C9H13N3O3.C8H9N3O2.CH4O.CH3O.Na/c1-3-6-5-10-12-9(6)11-7(13)4-8(14)15-2;1-2-5-4-9-11-7(13)3-6(12)10-8(5)11;2*1-2;/h5H,3-4H2,1-2H3,(H2,10,11,12,13);4H,2-3H2,1H3,(H,10,12);2H,1H3;1H3;/q;;;-1;+1. The monoisotopic (exact) mass is 476 g/mol. The summed E-state index contributed by atoms with van der Waals surface area (Å²) < 4.78 is 5.62. The zero-order valence-corrected chi connectivity index (χ0v) is 21.7. The van der Waals surface area contributed by atoms with E-state index in [9.17, 15) is 19.2 Å². The van der Waals surface area contributed by atoms with E-state index < -0.39 is 11.9 Å². The van der Waals surface area contributed by atoms with Gasteiger partial charge in [0.05, 0.1) is 19.5 Å². The minimum absolute atomic E-state index is 0. The first-order valence-corrected chi connectivity index (χ1v) is 9.53. The number of anilines is 2. The molecule has 0 saturated carbocycles. The van der Waals surface area contributed by atoms with Crippen molar-refractivity contribution in [3.05, 3.63) is 23.5 Å². The molecule has 14 heteroatoms. The quantitative estimate of drug-likeness (QED) is 0.192. The number of aliphatic hydroxyl groups is 1. The molecule has 3 rings (SSSR count). The predicted molar refractivity (Wildman–Crippen MR) is 113 cm³/mol. The molecule has 2 aromatic rings. The predicted octanol–water partition coefficient (Wildman–Crippen LogP) is -3.51. The van der Waals surface area contributed by atoms with Crippen LogP contribution in [-0.2, 0) is 32.0 Å². The van der Waals surface area contributed by atoms with Gasteiger partial charge in [0.15, 0.2) is 0 Å². The summed E-state index contributed by atoms with van der Waals surface area (Å²) in [5.41, 5.74) is 1.79. The molecule has 0 aliphatic carbocycles. The van der Waals surface area contributed by atoms with E-state index in [1.54, 1.807) is 12.4 Å². The van der Waals surface area contributed by atoms with Crippen molar-refractivity contribution in [2.24, 2.45) is 0 Å². The van der Waals surface area contributed by atoms with Crippen molar-refractivity contribution in [3.63, 3.8) is 0 Å². The van der Waals surface area contributed by atoms with Gasteiger partial charge in [0.2, 0.25) is 11.8 Å². The number of amides is 2. The second-order valence-corrected chi connectivity index (χ2v) is 5.83. The van der Waals surface area contributed by atoms with Gasteiger partial charge in [-0.25, -0.2) is 0 Å². The van der Waals surface area contributed by atoms with Gasteiger partial charge in [0, 0.05) is 18.2 Å². The van der Waals surface area contributed by atoms with Gasteiger partial charge in [-0.2, -0.15) is 22.0 Å². The van der Waals surface area contributed by atoms with Crippen LogP contribution in [0.15, 0.2) is 12.4 Å². The second-order valence-electron chi connectivity index (χ2n) is 5.83. The van der Waals surface area contributed by atoms with E-state index in [0.717, 1.165) is 38.2 Å². The Morgan fingerprint density at radius 3 is 2.33 bits per heavy atom. The van der Waals surface area contributed by atoms with E-state index in [4.69, 9.17) is 10.2 Å². The number of hydrogen-bond donors (Lipinski definition) is 4. The van der Waals surface area contributed by atoms with Crippen LogP contribution < -0.4 is 45.3 Å². The fourth-order valence-electron chi connectivity index (χ4n) is 2.43. The van der Waals surface area contributed by atoms with E-state index in [-0.39, 0.29) is 54.2 Å². The number of esters is 1. The molecule has 1 aliphatic heterocycles. The summed E-state index contributed by atoms with van der Waals surface area (Å²) in [6, 6.07) is 0. The van der Waals surface area contributed by atoms with Crippen LogP contribution >= 0.6 is 0 Å². The zero-order chi connectivity index (χ0) is 24.7. The van der Waals surface area contributed by atoms with Crippen molar-refractivity contribution in [1.82, 2.24) is 20.0 Å². The number of H-pyrrole nitrogens is 1. The average Bonchev–Trinajstić information content (AvgIpc) is 3.43. The van der Waals surface area contributed by atoms with Crippen molar-refractivity contribution in [3.8, 4) is 0 Å². The number of aromatic amines is 1. The maximum Gasteiger partial charge on any atom is 1.00 e. The number of rotatable bonds is 5. The van der Waals surface area contributed by atoms with Crippen LogP contribution in [0.25, 0.3) is 0 Å². The molecule has 1 aliphatic rings. The first kappa shape index (κ1) is 32.6. The molecule has 0 saturated heterocycles. The Morgan fingerprint density at radius 1 is 1.18 bits per heavy atom. The molecule has 178 valence electrons. The van der Waals surface area contributed by atoms with E-state index in [0.29, 0.717) is 11.6 Å². The summed E-state index contributed by atoms with van der Waals surface area (Å²) in [5.74, 6) is -0.438. The molecular weight excluding hydrogens is 447 g/mol. The fourth-order valence-corrected chi connectivity index (χ4v) is 2.43. The van der Waals surface area contributed by atoms with E-state index in [2.05, 4.69) is 30.7 Å². The average molecular weight is 476 g/mol. The molecule has 0 fully saturated rings. The summed E-state index contributed by atoms with van der Waals surface area (Å²) in [5, 5.41) is 30.8. The van der Waals surface area contributed by atoms with Crippen LogP contribution in [0.3, 0.4) is 0 Å². The molecule has 3 heterocycles. The van der Waals surface area contributed by atoms with Crippen LogP contribution in [0, 0.1) is 0 Å². The van der Waals surface area contributed by atoms with Gasteiger partial charge >= 0.3 is 35.5 Å². The second kappa shape index (κ2) is 17.9. The Hall–Kier alpha value is -2.58. The normalized spacial score (nSPS) is 10.9. The van der Waals surface area contributed by atoms with Crippen LogP contribution in [0.5, 0.6) is 0 Å². The Morgan fingerprint density at radius 2 is 1.79 bits per heavy atom. The minimum atomic E-state index is -0.565. The number of methoxy groups -OCH3 is 1. The first-order valence-electron chi connectivity index (χ1n) is 9.53. The van der Waals surface area contributed by atoms with Crippen molar-refractivity contribution in [2.75, 3.05) is 32.0 Å². The molecule has 4 N–H and O–H groups in total. The summed E-state index contributed by atoms with van der Waals surface area (Å²) >= 11 is 0. The number of ether oxygens (including phenoxy) is 1. The van der Waals surface area contributed by atoms with E-state index in [1.165, 1.54) is 11.8 Å². The van der Waals surface area contributed by atoms with Gasteiger partial charge in [-0.3, -0.25) is 24.3 Å². The van der Waals surface area contributed by atoms with Crippen LogP contribution in [0.1, 0.15) is 42.6 Å². The Balaban J connectivity index is 0. The summed E-state index contributed by atoms with van der Waals surface area (Å²) in [6.07, 6.45) is 4.34. The number of carbonyl (C=O) groups excluding carboxylic acids is 4. The Kier molecular flexibility index (Phi) is 17.7. The van der Waals surface area contributed by atoms with Crippen molar-refractivity contribution < 1.29 is 63.7 Å². The topological polar surface area (TPSA) is 191 Å². The number of aliphatic hydroxyl groups excluding tert-OH is 1. The third-order valence-electron chi connectivity index (χ3n) is 3.93. The molecule has 0 atom stereocenters. The number of carbonyl (C=O) groups is 4. The molecule has 0 unspecified atom stereocenters. The number of aryl methyl sites for hydroxylation is 2. The molecule has 33 heavy (non-hydrogen) atoms. The van der Waals surface area contributed by atoms with Gasteiger partial charge in [-0.05, 0) is 12.8 Å². The zero-order valence-electron chi connectivity index (χ0n) is 19.7. The van der Waals surface area contributed by atoms with Crippen molar-refractivity contribution in [1.29, 1.82) is 0 Å². The smallest absolute Gasteiger partial charge is 0.857 e. The molecule has 2 amide bonds. The molecular formula is C19H29N6NaO7. The fraction of sp³-hybridized carbons (Fsp3) is 0.474. The third-order valence-corrected chi connectivity index (χ3v) is 3.93. The molecule has 2 aromatic heterocycles. The number of aromatic nitrogens is 4. The van der Waals surface area contributed by atoms with Gasteiger partial charge in [0.25, 0.3) is 5.91 Å². The molecule has 0 spiro atoms. The maximum atomic E-state index is 11.3. The van der Waals surface area contributed by atoms with Gasteiger partial charge in [0.1, 0.15) is 24.5 Å². The summed E-state index contributed by atoms with van der Waals surface area (Å²) in [6.45, 7) is 3.89. The molecule has 13 nitrogen and oxygen atoms in total. The van der Waals surface area contributed by atoms with Crippen molar-refractivity contribution in [2.45, 2.75) is 39.5 Å². The summed E-state index contributed by atoms with van der Waals surface area (Å²) in [7, 11) is 2.99. The van der Waals surface area contributed by atoms with Gasteiger partial charge in [-0.1, -0.05) is 13.8 Å². The van der Waals surface area contributed by atoms with E-state index >= 15 is 0 Å². The number of fused-ring (bicyclic) bond motifs is 1. The number of nitrogens with one attached hydrogen (secondary N) is 3. The Labute approximate surface area is 213 Å². The summed E-state index contributed by atoms with van der Waals surface area (Å²) in [4.78, 5) is 44.4. The van der Waals surface area contributed by atoms with E-state index in [1.807, 2.05) is 13.8 Å². The Bertz CT molecular complexity index is 897. The van der Waals surface area contributed by atoms with Gasteiger partial charge < -0.3 is 25.6 Å². The number of hydrogen-bond acceptors (Lipinski definition) is 9. The third kappa shape index (κ3) is 10.3. The molecule has 0 bridgehead atoms. The molecule has 0 radical (unpaired) electrons. The van der Waals surface area contributed by atoms with Crippen LogP contribution in [-0.4, -0.2) is 70.1 Å². The largest absolute Gasteiger partial charge is 1.00 e.